The summed E-state index contributed by atoms with van der Waals surface area (Å²) in [5.74, 6) is 0.586. The van der Waals surface area contributed by atoms with Gasteiger partial charge in [0.15, 0.2) is 0 Å². The molecule has 0 bridgehead atoms. The quantitative estimate of drug-likeness (QED) is 0.937. The van der Waals surface area contributed by atoms with E-state index in [1.165, 1.54) is 6.07 Å². The van der Waals surface area contributed by atoms with Crippen molar-refractivity contribution in [2.24, 2.45) is 4.40 Å². The zero-order valence-electron chi connectivity index (χ0n) is 11.1. The Hall–Kier alpha value is -2.18. The average Bonchev–Trinajstić information content (AvgIpc) is 2.73. The summed E-state index contributed by atoms with van der Waals surface area (Å²) in [5.41, 5.74) is 1.45. The first-order valence-electron chi connectivity index (χ1n) is 6.42. The molecule has 0 saturated carbocycles. The third-order valence-corrected chi connectivity index (χ3v) is 4.45. The Balaban J connectivity index is 1.89. The Morgan fingerprint density at radius 1 is 1.05 bits per heavy atom. The fourth-order valence-electron chi connectivity index (χ4n) is 2.11. The molecule has 21 heavy (non-hydrogen) atoms. The van der Waals surface area contributed by atoms with E-state index >= 15 is 0 Å². The zero-order valence-corrected chi connectivity index (χ0v) is 11.9. The van der Waals surface area contributed by atoms with Crippen LogP contribution in [0.5, 0.6) is 5.75 Å². The van der Waals surface area contributed by atoms with Gasteiger partial charge in [0, 0.05) is 6.61 Å². The van der Waals surface area contributed by atoms with Crippen LogP contribution in [0.4, 0.5) is 0 Å². The molecule has 2 aromatic rings. The lowest BCUT2D eigenvalue weighted by atomic mass is 10.1. The number of ether oxygens (including phenoxy) is 1. The van der Waals surface area contributed by atoms with Crippen LogP contribution in [0.1, 0.15) is 11.1 Å². The Morgan fingerprint density at radius 3 is 2.48 bits per heavy atom. The maximum atomic E-state index is 11.9. The third-order valence-electron chi connectivity index (χ3n) is 3.14. The summed E-state index contributed by atoms with van der Waals surface area (Å²) >= 11 is 0. The summed E-state index contributed by atoms with van der Waals surface area (Å²) in [6.07, 6.45) is 0.568. The maximum Gasteiger partial charge on any atom is 0.286 e. The molecule has 1 heterocycles. The van der Waals surface area contributed by atoms with Gasteiger partial charge in [-0.05, 0) is 36.2 Å². The highest BCUT2D eigenvalue weighted by Crippen LogP contribution is 2.27. The van der Waals surface area contributed by atoms with Crippen LogP contribution in [0.25, 0.3) is 0 Å². The van der Waals surface area contributed by atoms with Crippen LogP contribution in [0.2, 0.25) is 0 Å². The molecule has 0 fully saturated rings. The van der Waals surface area contributed by atoms with Crippen molar-refractivity contribution in [2.45, 2.75) is 11.3 Å². The van der Waals surface area contributed by atoms with Gasteiger partial charge in [0.05, 0.1) is 5.56 Å². The second-order valence-electron chi connectivity index (χ2n) is 4.59. The van der Waals surface area contributed by atoms with Gasteiger partial charge in [-0.25, -0.2) is 0 Å². The Kier molecular flexibility index (Phi) is 3.48. The van der Waals surface area contributed by atoms with Crippen LogP contribution >= 0.6 is 0 Å². The molecule has 1 aliphatic heterocycles. The van der Waals surface area contributed by atoms with Crippen LogP contribution in [0.3, 0.4) is 0 Å². The average molecular weight is 303 g/mol. The first-order chi connectivity index (χ1) is 10.1. The summed E-state index contributed by atoms with van der Waals surface area (Å²) in [4.78, 5) is 0.164. The highest BCUT2D eigenvalue weighted by atomic mass is 32.2. The largest absolute Gasteiger partial charge is 0.438 e. The van der Waals surface area contributed by atoms with Crippen LogP contribution in [0, 0.1) is 0 Å². The molecule has 0 unspecified atom stereocenters. The molecular formula is C15H13NO4S. The molecule has 0 aliphatic carbocycles. The van der Waals surface area contributed by atoms with E-state index in [0.29, 0.717) is 17.7 Å². The number of nitrogens with zero attached hydrogens (tertiary/aromatic N) is 1. The van der Waals surface area contributed by atoms with Gasteiger partial charge in [-0.2, -0.15) is 8.42 Å². The van der Waals surface area contributed by atoms with Gasteiger partial charge in [-0.15, -0.1) is 4.40 Å². The number of hydrogen-bond acceptors (Lipinski definition) is 4. The Bertz CT molecular complexity index is 795. The van der Waals surface area contributed by atoms with E-state index in [2.05, 4.69) is 4.40 Å². The van der Waals surface area contributed by atoms with Crippen LogP contribution in [-0.2, 0) is 16.4 Å². The van der Waals surface area contributed by atoms with Gasteiger partial charge in [-0.1, -0.05) is 24.3 Å². The number of aliphatic hydroxyl groups is 1. The molecule has 0 saturated heterocycles. The standard InChI is InChI=1S/C15H13NO4S/c17-10-9-11-5-7-12(8-6-11)20-15-13-3-1-2-4-14(13)21(18,19)16-15/h1-8,17H,9-10H2. The van der Waals surface area contributed by atoms with Gasteiger partial charge in [0.1, 0.15) is 10.6 Å². The van der Waals surface area contributed by atoms with E-state index < -0.39 is 10.0 Å². The smallest absolute Gasteiger partial charge is 0.286 e. The molecule has 0 radical (unpaired) electrons. The molecule has 0 aromatic heterocycles. The highest BCUT2D eigenvalue weighted by molar-refractivity contribution is 7.90. The number of sulfonamides is 1. The van der Waals surface area contributed by atoms with Crippen molar-refractivity contribution in [2.75, 3.05) is 6.61 Å². The second-order valence-corrected chi connectivity index (χ2v) is 6.16. The highest BCUT2D eigenvalue weighted by Gasteiger charge is 2.29. The Morgan fingerprint density at radius 2 is 1.76 bits per heavy atom. The summed E-state index contributed by atoms with van der Waals surface area (Å²) in [6, 6.07) is 13.7. The van der Waals surface area contributed by atoms with Gasteiger partial charge in [0.25, 0.3) is 10.0 Å². The number of fused-ring (bicyclic) bond motifs is 1. The van der Waals surface area contributed by atoms with Gasteiger partial charge >= 0.3 is 0 Å². The molecule has 3 rings (SSSR count). The monoisotopic (exact) mass is 303 g/mol. The van der Waals surface area contributed by atoms with Gasteiger partial charge in [0.2, 0.25) is 5.90 Å². The van der Waals surface area contributed by atoms with Crippen molar-refractivity contribution in [3.8, 4) is 5.75 Å². The Labute approximate surface area is 122 Å². The molecule has 2 aromatic carbocycles. The van der Waals surface area contributed by atoms with Gasteiger partial charge < -0.3 is 9.84 Å². The van der Waals surface area contributed by atoms with Crippen molar-refractivity contribution in [3.63, 3.8) is 0 Å². The first-order valence-corrected chi connectivity index (χ1v) is 7.86. The minimum atomic E-state index is -3.66. The number of aliphatic hydroxyl groups excluding tert-OH is 1. The van der Waals surface area contributed by atoms with Crippen molar-refractivity contribution < 1.29 is 18.3 Å². The van der Waals surface area contributed by atoms with Crippen molar-refractivity contribution in [3.05, 3.63) is 59.7 Å². The molecule has 1 aliphatic rings. The minimum Gasteiger partial charge on any atom is -0.438 e. The van der Waals surface area contributed by atoms with Crippen LogP contribution < -0.4 is 4.74 Å². The molecule has 0 spiro atoms. The van der Waals surface area contributed by atoms with E-state index in [9.17, 15) is 8.42 Å². The molecule has 108 valence electrons. The lowest BCUT2D eigenvalue weighted by molar-refractivity contribution is 0.299. The predicted molar refractivity (Wildman–Crippen MR) is 78.0 cm³/mol. The zero-order chi connectivity index (χ0) is 14.9. The number of benzene rings is 2. The molecule has 0 atom stereocenters. The molecule has 5 nitrogen and oxygen atoms in total. The molecule has 1 N–H and O–H groups in total. The van der Waals surface area contributed by atoms with Gasteiger partial charge in [-0.3, -0.25) is 0 Å². The van der Waals surface area contributed by atoms with E-state index in [0.717, 1.165) is 5.56 Å². The number of rotatable bonds is 3. The lowest BCUT2D eigenvalue weighted by Gasteiger charge is -2.06. The summed E-state index contributed by atoms with van der Waals surface area (Å²) in [5, 5.41) is 8.87. The van der Waals surface area contributed by atoms with Crippen LogP contribution in [-0.4, -0.2) is 26.0 Å². The van der Waals surface area contributed by atoms with E-state index in [4.69, 9.17) is 9.84 Å². The number of hydrogen-bond donors (Lipinski definition) is 1. The third kappa shape index (κ3) is 2.68. The van der Waals surface area contributed by atoms with Crippen LogP contribution in [0.15, 0.2) is 57.8 Å². The molecular weight excluding hydrogens is 290 g/mol. The molecule has 6 heteroatoms. The lowest BCUT2D eigenvalue weighted by Crippen LogP contribution is -2.07. The van der Waals surface area contributed by atoms with Crippen molar-refractivity contribution in [1.29, 1.82) is 0 Å². The molecule has 0 amide bonds. The minimum absolute atomic E-state index is 0.0819. The van der Waals surface area contributed by atoms with E-state index in [1.807, 2.05) is 12.1 Å². The summed E-state index contributed by atoms with van der Waals surface area (Å²) in [6.45, 7) is 0.0819. The fourth-order valence-corrected chi connectivity index (χ4v) is 3.25. The SMILES string of the molecule is O=S1(=O)N=C(Oc2ccc(CCO)cc2)c2ccccc21. The first kappa shape index (κ1) is 13.8. The van der Waals surface area contributed by atoms with Crippen molar-refractivity contribution in [1.82, 2.24) is 0 Å². The maximum absolute atomic E-state index is 11.9. The fraction of sp³-hybridized carbons (Fsp3) is 0.133. The topological polar surface area (TPSA) is 76.0 Å². The second kappa shape index (κ2) is 5.31. The van der Waals surface area contributed by atoms with E-state index in [1.54, 1.807) is 30.3 Å². The van der Waals surface area contributed by atoms with E-state index in [-0.39, 0.29) is 17.4 Å². The predicted octanol–water partition coefficient (Wildman–Crippen LogP) is 1.75. The summed E-state index contributed by atoms with van der Waals surface area (Å²) in [7, 11) is -3.66. The summed E-state index contributed by atoms with van der Waals surface area (Å²) < 4.78 is 33.0. The van der Waals surface area contributed by atoms with Crippen molar-refractivity contribution >= 4 is 15.9 Å². The normalized spacial score (nSPS) is 15.4.